The summed E-state index contributed by atoms with van der Waals surface area (Å²) in [5.41, 5.74) is 7.94. The minimum atomic E-state index is -1.28. The summed E-state index contributed by atoms with van der Waals surface area (Å²) in [6.07, 6.45) is 9.31. The van der Waals surface area contributed by atoms with E-state index in [1.807, 2.05) is 32.9 Å². The number of rotatable bonds is 8. The number of aliphatic hydroxyl groups is 1. The van der Waals surface area contributed by atoms with E-state index in [1.165, 1.54) is 14.2 Å². The van der Waals surface area contributed by atoms with E-state index in [0.717, 1.165) is 40.1 Å². The van der Waals surface area contributed by atoms with Gasteiger partial charge >= 0.3 is 11.9 Å². The van der Waals surface area contributed by atoms with Crippen molar-refractivity contribution in [3.05, 3.63) is 84.8 Å². The average molecular weight is 639 g/mol. The zero-order valence-electron chi connectivity index (χ0n) is 27.1. The molecule has 0 spiro atoms. The lowest BCUT2D eigenvalue weighted by Crippen LogP contribution is -2.25. The first-order valence-corrected chi connectivity index (χ1v) is 15.6. The summed E-state index contributed by atoms with van der Waals surface area (Å²) in [6, 6.07) is 0. The molecule has 1 aliphatic carbocycles. The Labute approximate surface area is 271 Å². The zero-order chi connectivity index (χ0) is 33.7. The highest BCUT2D eigenvalue weighted by atomic mass is 16.5. The highest BCUT2D eigenvalue weighted by molar-refractivity contribution is 6.24. The standard InChI is InChI=1S/C36H38N4O7/c1-7-18-16(3)23-11-24-17(4)20(9-10-29(43)46-5)33(39-24)31-32(36(45)47-6)35(44)30-22(15-42)28(40-34(30)31)13-26-19(8-2)21(14-41)27(38-26)12-25(18)37-23/h7,11-14,17,20,32,37-40,42H,1,8-10,15H2,2-6H3/b24-11-,26-13-,27-12-,33-31-/t17-,20-,32+/m0/s1. The topological polar surface area (TPSA) is 166 Å². The van der Waals surface area contributed by atoms with Crippen LogP contribution in [0.4, 0.5) is 0 Å². The number of ketones is 1. The van der Waals surface area contributed by atoms with Gasteiger partial charge in [0.1, 0.15) is 5.92 Å². The largest absolute Gasteiger partial charge is 0.469 e. The Balaban J connectivity index is 1.75. The van der Waals surface area contributed by atoms with E-state index >= 15 is 0 Å². The average Bonchev–Trinajstić information content (AvgIpc) is 3.82. The number of allylic oxidation sites excluding steroid dienone is 2. The van der Waals surface area contributed by atoms with Crippen LogP contribution < -0.4 is 16.0 Å². The molecule has 0 saturated carbocycles. The molecule has 8 bridgehead atoms. The van der Waals surface area contributed by atoms with Gasteiger partial charge in [-0.2, -0.15) is 0 Å². The number of nitrogens with one attached hydrogen (secondary N) is 4. The maximum atomic E-state index is 14.1. The molecule has 3 atom stereocenters. The summed E-state index contributed by atoms with van der Waals surface area (Å²) >= 11 is 0. The SMILES string of the molecule is C=Cc1c2[nH]c(c1C)/C=C1\N/C(=C3\c4[nH]c(c(CO)c4C(=O)[C@@H]3C(=O)OC)/C=c3\[nH]/c(c(C=O)c3CC)=C\2)[C@@H](CCC(=O)OC)[C@@H]1C. The van der Waals surface area contributed by atoms with Gasteiger partial charge in [-0.1, -0.05) is 26.5 Å². The minimum Gasteiger partial charge on any atom is -0.469 e. The molecule has 0 aromatic carbocycles. The van der Waals surface area contributed by atoms with Gasteiger partial charge in [0.2, 0.25) is 0 Å². The third kappa shape index (κ3) is 4.93. The van der Waals surface area contributed by atoms with Gasteiger partial charge < -0.3 is 34.8 Å². The number of aliphatic hydroxyl groups excluding tert-OH is 1. The van der Waals surface area contributed by atoms with E-state index in [2.05, 4.69) is 26.8 Å². The summed E-state index contributed by atoms with van der Waals surface area (Å²) in [5, 5.41) is 15.4. The first-order valence-electron chi connectivity index (χ1n) is 15.6. The number of fused-ring (bicyclic) bond motifs is 7. The second kappa shape index (κ2) is 12.2. The van der Waals surface area contributed by atoms with Crippen molar-refractivity contribution in [1.82, 2.24) is 20.3 Å². The van der Waals surface area contributed by atoms with Gasteiger partial charge in [0, 0.05) is 74.3 Å². The number of methoxy groups -OCH3 is 2. The number of hydrogen-bond donors (Lipinski definition) is 5. The van der Waals surface area contributed by atoms with Crippen LogP contribution in [-0.4, -0.2) is 58.3 Å². The lowest BCUT2D eigenvalue weighted by atomic mass is 9.85. The minimum absolute atomic E-state index is 0.127. The van der Waals surface area contributed by atoms with Crippen molar-refractivity contribution in [1.29, 1.82) is 0 Å². The summed E-state index contributed by atoms with van der Waals surface area (Å²) in [6.45, 7) is 9.52. The molecule has 6 rings (SSSR count). The number of H-pyrrole nitrogens is 3. The second-order valence-corrected chi connectivity index (χ2v) is 12.1. The van der Waals surface area contributed by atoms with Crippen LogP contribution in [0.5, 0.6) is 0 Å². The number of carbonyl (C=O) groups excluding carboxylic acids is 4. The van der Waals surface area contributed by atoms with Gasteiger partial charge in [-0.25, -0.2) is 0 Å². The van der Waals surface area contributed by atoms with Gasteiger partial charge in [0.05, 0.1) is 37.4 Å². The number of aldehydes is 1. The van der Waals surface area contributed by atoms with Crippen molar-refractivity contribution in [3.63, 3.8) is 0 Å². The van der Waals surface area contributed by atoms with Crippen molar-refractivity contribution >= 4 is 53.9 Å². The first kappa shape index (κ1) is 31.8. The maximum absolute atomic E-state index is 14.1. The third-order valence-electron chi connectivity index (χ3n) is 9.85. The zero-order valence-corrected chi connectivity index (χ0v) is 27.1. The number of aromatic nitrogens is 3. The Morgan fingerprint density at radius 1 is 1.00 bits per heavy atom. The van der Waals surface area contributed by atoms with E-state index in [1.54, 1.807) is 12.2 Å². The van der Waals surface area contributed by atoms with Crippen molar-refractivity contribution in [2.45, 2.75) is 46.6 Å². The number of Topliss-reactive ketones (excluding diaryl/α,β-unsaturated/α-hetero) is 1. The van der Waals surface area contributed by atoms with E-state index in [4.69, 9.17) is 9.47 Å². The van der Waals surface area contributed by atoms with Crippen LogP contribution in [0.1, 0.15) is 92.4 Å². The molecule has 11 nitrogen and oxygen atoms in total. The molecule has 0 radical (unpaired) electrons. The second-order valence-electron chi connectivity index (χ2n) is 12.1. The fourth-order valence-electron chi connectivity index (χ4n) is 7.37. The van der Waals surface area contributed by atoms with Crippen LogP contribution in [0.2, 0.25) is 0 Å². The van der Waals surface area contributed by atoms with E-state index in [-0.39, 0.29) is 29.8 Å². The highest BCUT2D eigenvalue weighted by Gasteiger charge is 2.49. The van der Waals surface area contributed by atoms with Crippen molar-refractivity contribution < 1.29 is 33.8 Å². The van der Waals surface area contributed by atoms with Crippen LogP contribution in [-0.2, 0) is 32.1 Å². The Morgan fingerprint density at radius 2 is 1.74 bits per heavy atom. The van der Waals surface area contributed by atoms with Gasteiger partial charge in [-0.05, 0) is 49.1 Å². The fraction of sp³-hybridized carbons (Fsp3) is 0.333. The fourth-order valence-corrected chi connectivity index (χ4v) is 7.37. The van der Waals surface area contributed by atoms with Crippen molar-refractivity contribution in [2.24, 2.45) is 17.8 Å². The smallest absolute Gasteiger partial charge is 0.321 e. The number of carbonyl (C=O) groups is 4. The van der Waals surface area contributed by atoms with Gasteiger partial charge in [0.25, 0.3) is 0 Å². The summed E-state index contributed by atoms with van der Waals surface area (Å²) < 4.78 is 10.1. The Hall–Kier alpha value is -5.16. The van der Waals surface area contributed by atoms with E-state index in [0.29, 0.717) is 57.3 Å². The molecule has 0 amide bonds. The van der Waals surface area contributed by atoms with Crippen LogP contribution in [0.3, 0.4) is 0 Å². The summed E-state index contributed by atoms with van der Waals surface area (Å²) in [4.78, 5) is 62.5. The normalized spacial score (nSPS) is 23.6. The number of aromatic amines is 3. The van der Waals surface area contributed by atoms with Crippen LogP contribution in [0, 0.1) is 24.7 Å². The molecule has 5 heterocycles. The molecule has 5 N–H and O–H groups in total. The summed E-state index contributed by atoms with van der Waals surface area (Å²) in [7, 11) is 2.58. The number of esters is 2. The van der Waals surface area contributed by atoms with Gasteiger partial charge in [-0.15, -0.1) is 0 Å². The number of hydrogen-bond acceptors (Lipinski definition) is 8. The van der Waals surface area contributed by atoms with Crippen LogP contribution in [0.25, 0.3) is 29.9 Å². The lowest BCUT2D eigenvalue weighted by molar-refractivity contribution is -0.142. The highest BCUT2D eigenvalue weighted by Crippen LogP contribution is 2.48. The molecule has 1 saturated heterocycles. The molecule has 2 aliphatic heterocycles. The molecule has 47 heavy (non-hydrogen) atoms. The van der Waals surface area contributed by atoms with Crippen LogP contribution >= 0.6 is 0 Å². The lowest BCUT2D eigenvalue weighted by Gasteiger charge is -2.19. The Bertz CT molecular complexity index is 2050. The van der Waals surface area contributed by atoms with Crippen molar-refractivity contribution in [3.8, 4) is 0 Å². The molecule has 3 aromatic rings. The monoisotopic (exact) mass is 638 g/mol. The maximum Gasteiger partial charge on any atom is 0.321 e. The predicted molar refractivity (Wildman–Crippen MR) is 176 cm³/mol. The van der Waals surface area contributed by atoms with Crippen LogP contribution in [0.15, 0.2) is 18.0 Å². The molecule has 244 valence electrons. The molecule has 1 fully saturated rings. The predicted octanol–water partition coefficient (Wildman–Crippen LogP) is 3.01. The quantitative estimate of drug-likeness (QED) is 0.143. The number of ether oxygens (including phenoxy) is 2. The Kier molecular flexibility index (Phi) is 8.27. The Morgan fingerprint density at radius 3 is 2.38 bits per heavy atom. The molecule has 3 aromatic heterocycles. The summed E-state index contributed by atoms with van der Waals surface area (Å²) in [5.74, 6) is -3.31. The van der Waals surface area contributed by atoms with E-state index < -0.39 is 24.3 Å². The van der Waals surface area contributed by atoms with E-state index in [9.17, 15) is 24.3 Å². The molecule has 3 aliphatic rings. The molecular weight excluding hydrogens is 600 g/mol. The molecule has 11 heteroatoms. The molecule has 0 unspecified atom stereocenters. The molecular formula is C36H38N4O7. The first-order chi connectivity index (χ1) is 22.6. The van der Waals surface area contributed by atoms with Gasteiger partial charge in [-0.3, -0.25) is 19.2 Å². The van der Waals surface area contributed by atoms with Crippen molar-refractivity contribution in [2.75, 3.05) is 14.2 Å². The third-order valence-corrected chi connectivity index (χ3v) is 9.85. The van der Waals surface area contributed by atoms with Gasteiger partial charge in [0.15, 0.2) is 12.1 Å².